The Kier molecular flexibility index (Phi) is 3.03. The molecule has 0 aliphatic carbocycles. The fourth-order valence-electron chi connectivity index (χ4n) is 0.875. The molecule has 0 amide bonds. The molecule has 2 aromatic heterocycles. The number of halogens is 1. The summed E-state index contributed by atoms with van der Waals surface area (Å²) in [5.74, 6) is 0.159. The largest absolute Gasteiger partial charge is 0.368 e. The molecule has 0 atom stereocenters. The number of aryl methyl sites for hydroxylation is 1. The lowest BCUT2D eigenvalue weighted by Gasteiger charge is -1.98. The van der Waals surface area contributed by atoms with E-state index in [1.807, 2.05) is 6.92 Å². The Labute approximate surface area is 99.1 Å². The maximum absolute atomic E-state index is 5.74. The van der Waals surface area contributed by atoms with Gasteiger partial charge in [-0.2, -0.15) is 0 Å². The SMILES string of the molecule is Cc1nnc(Sc2cc(Cl)nc(N)n2)s1. The number of nitrogen functional groups attached to an aromatic ring is 1. The first kappa shape index (κ1) is 10.6. The molecule has 0 spiro atoms. The molecular formula is C7H6ClN5S2. The predicted molar refractivity (Wildman–Crippen MR) is 60.2 cm³/mol. The molecule has 0 saturated carbocycles. The lowest BCUT2D eigenvalue weighted by molar-refractivity contribution is 0.978. The zero-order chi connectivity index (χ0) is 10.8. The zero-order valence-corrected chi connectivity index (χ0v) is 10.0. The Morgan fingerprint density at radius 2 is 2.20 bits per heavy atom. The second-order valence-electron chi connectivity index (χ2n) is 2.58. The minimum absolute atomic E-state index is 0.159. The minimum Gasteiger partial charge on any atom is -0.368 e. The van der Waals surface area contributed by atoms with Crippen molar-refractivity contribution in [2.24, 2.45) is 0 Å². The van der Waals surface area contributed by atoms with Crippen molar-refractivity contribution in [2.75, 3.05) is 5.73 Å². The van der Waals surface area contributed by atoms with Gasteiger partial charge in [-0.1, -0.05) is 22.9 Å². The van der Waals surface area contributed by atoms with E-state index < -0.39 is 0 Å². The van der Waals surface area contributed by atoms with Crippen LogP contribution >= 0.6 is 34.7 Å². The van der Waals surface area contributed by atoms with Crippen LogP contribution in [0.1, 0.15) is 5.01 Å². The first-order chi connectivity index (χ1) is 7.13. The van der Waals surface area contributed by atoms with Crippen molar-refractivity contribution in [1.82, 2.24) is 20.2 Å². The first-order valence-electron chi connectivity index (χ1n) is 3.91. The highest BCUT2D eigenvalue weighted by Gasteiger charge is 2.06. The van der Waals surface area contributed by atoms with Crippen LogP contribution in [0.25, 0.3) is 0 Å². The number of nitrogens with two attached hydrogens (primary N) is 1. The van der Waals surface area contributed by atoms with E-state index in [0.29, 0.717) is 10.2 Å². The summed E-state index contributed by atoms with van der Waals surface area (Å²) < 4.78 is 0.807. The van der Waals surface area contributed by atoms with Crippen molar-refractivity contribution < 1.29 is 0 Å². The van der Waals surface area contributed by atoms with E-state index in [4.69, 9.17) is 17.3 Å². The van der Waals surface area contributed by atoms with E-state index >= 15 is 0 Å². The summed E-state index contributed by atoms with van der Waals surface area (Å²) in [7, 11) is 0. The van der Waals surface area contributed by atoms with Gasteiger partial charge in [-0.3, -0.25) is 0 Å². The van der Waals surface area contributed by atoms with Crippen LogP contribution in [-0.2, 0) is 0 Å². The van der Waals surface area contributed by atoms with Crippen molar-refractivity contribution in [3.8, 4) is 0 Å². The smallest absolute Gasteiger partial charge is 0.222 e. The minimum atomic E-state index is 0.159. The van der Waals surface area contributed by atoms with Gasteiger partial charge < -0.3 is 5.73 Å². The van der Waals surface area contributed by atoms with E-state index in [-0.39, 0.29) is 5.95 Å². The van der Waals surface area contributed by atoms with E-state index in [1.54, 1.807) is 6.07 Å². The van der Waals surface area contributed by atoms with Crippen LogP contribution in [0, 0.1) is 6.92 Å². The zero-order valence-electron chi connectivity index (χ0n) is 7.64. The Hall–Kier alpha value is -0.920. The Morgan fingerprint density at radius 1 is 1.40 bits per heavy atom. The molecule has 8 heteroatoms. The average molecular weight is 260 g/mol. The third kappa shape index (κ3) is 2.77. The van der Waals surface area contributed by atoms with E-state index in [9.17, 15) is 0 Å². The topological polar surface area (TPSA) is 77.6 Å². The van der Waals surface area contributed by atoms with Crippen LogP contribution in [0.3, 0.4) is 0 Å². The summed E-state index contributed by atoms with van der Waals surface area (Å²) in [5.41, 5.74) is 5.47. The summed E-state index contributed by atoms with van der Waals surface area (Å²) in [6.45, 7) is 1.89. The summed E-state index contributed by atoms with van der Waals surface area (Å²) >= 11 is 8.60. The Bertz CT molecular complexity index is 466. The number of anilines is 1. The van der Waals surface area contributed by atoms with Gasteiger partial charge in [0.05, 0.1) is 0 Å². The molecule has 0 aliphatic rings. The highest BCUT2D eigenvalue weighted by Crippen LogP contribution is 2.29. The van der Waals surface area contributed by atoms with E-state index in [2.05, 4.69) is 20.2 Å². The van der Waals surface area contributed by atoms with Crippen molar-refractivity contribution in [1.29, 1.82) is 0 Å². The first-order valence-corrected chi connectivity index (χ1v) is 5.92. The number of hydrogen-bond acceptors (Lipinski definition) is 7. The van der Waals surface area contributed by atoms with Crippen LogP contribution in [0.4, 0.5) is 5.95 Å². The lowest BCUT2D eigenvalue weighted by Crippen LogP contribution is -1.95. The maximum Gasteiger partial charge on any atom is 0.222 e. The van der Waals surface area contributed by atoms with Gasteiger partial charge in [0.15, 0.2) is 4.34 Å². The molecule has 2 rings (SSSR count). The van der Waals surface area contributed by atoms with Crippen molar-refractivity contribution in [3.63, 3.8) is 0 Å². The molecule has 15 heavy (non-hydrogen) atoms. The molecule has 0 unspecified atom stereocenters. The third-order valence-corrected chi connectivity index (χ3v) is 3.39. The van der Waals surface area contributed by atoms with E-state index in [1.165, 1.54) is 23.1 Å². The molecule has 2 heterocycles. The van der Waals surface area contributed by atoms with Crippen LogP contribution in [0.15, 0.2) is 15.4 Å². The summed E-state index contributed by atoms with van der Waals surface area (Å²) in [6.07, 6.45) is 0. The van der Waals surface area contributed by atoms with Crippen molar-refractivity contribution in [3.05, 3.63) is 16.2 Å². The molecule has 0 radical (unpaired) electrons. The molecule has 5 nitrogen and oxygen atoms in total. The standard InChI is InChI=1S/C7H6ClN5S2/c1-3-12-13-7(14-3)15-5-2-4(8)10-6(9)11-5/h2H,1H3,(H2,9,10,11). The second kappa shape index (κ2) is 4.30. The normalized spacial score (nSPS) is 10.5. The fraction of sp³-hybridized carbons (Fsp3) is 0.143. The highest BCUT2D eigenvalue weighted by molar-refractivity contribution is 8.01. The molecule has 78 valence electrons. The Balaban J connectivity index is 2.24. The van der Waals surface area contributed by atoms with Crippen LogP contribution in [0.2, 0.25) is 5.15 Å². The number of nitrogens with zero attached hydrogens (tertiary/aromatic N) is 4. The van der Waals surface area contributed by atoms with E-state index in [0.717, 1.165) is 9.35 Å². The van der Waals surface area contributed by atoms with Gasteiger partial charge in [0, 0.05) is 6.07 Å². The van der Waals surface area contributed by atoms with Crippen LogP contribution in [0.5, 0.6) is 0 Å². The Morgan fingerprint density at radius 3 is 2.80 bits per heavy atom. The lowest BCUT2D eigenvalue weighted by atomic mass is 10.7. The van der Waals surface area contributed by atoms with Crippen LogP contribution < -0.4 is 5.73 Å². The fourth-order valence-corrected chi connectivity index (χ4v) is 2.90. The van der Waals surface area contributed by atoms with Gasteiger partial charge in [-0.25, -0.2) is 9.97 Å². The van der Waals surface area contributed by atoms with Crippen LogP contribution in [-0.4, -0.2) is 20.2 Å². The molecule has 0 aromatic carbocycles. The molecule has 0 aliphatic heterocycles. The van der Waals surface area contributed by atoms with Crippen molar-refractivity contribution in [2.45, 2.75) is 16.3 Å². The quantitative estimate of drug-likeness (QED) is 0.832. The van der Waals surface area contributed by atoms with Gasteiger partial charge in [0.2, 0.25) is 5.95 Å². The van der Waals surface area contributed by atoms with Crippen molar-refractivity contribution >= 4 is 40.6 Å². The van der Waals surface area contributed by atoms with Gasteiger partial charge in [0.25, 0.3) is 0 Å². The molecule has 0 saturated heterocycles. The summed E-state index contributed by atoms with van der Waals surface area (Å²) in [5, 5.41) is 9.76. The number of hydrogen-bond donors (Lipinski definition) is 1. The average Bonchev–Trinajstić information content (AvgIpc) is 2.49. The van der Waals surface area contributed by atoms with Gasteiger partial charge in [-0.05, 0) is 18.7 Å². The van der Waals surface area contributed by atoms with Gasteiger partial charge >= 0.3 is 0 Å². The summed E-state index contributed by atoms with van der Waals surface area (Å²) in [6, 6.07) is 1.64. The maximum atomic E-state index is 5.74. The van der Waals surface area contributed by atoms with Gasteiger partial charge in [-0.15, -0.1) is 10.2 Å². The molecule has 2 aromatic rings. The van der Waals surface area contributed by atoms with Gasteiger partial charge in [0.1, 0.15) is 15.2 Å². The number of aromatic nitrogens is 4. The molecular weight excluding hydrogens is 254 g/mol. The summed E-state index contributed by atoms with van der Waals surface area (Å²) in [4.78, 5) is 7.79. The second-order valence-corrected chi connectivity index (χ2v) is 5.41. The molecule has 2 N–H and O–H groups in total. The highest BCUT2D eigenvalue weighted by atomic mass is 35.5. The third-order valence-electron chi connectivity index (χ3n) is 1.39. The molecule has 0 bridgehead atoms. The monoisotopic (exact) mass is 259 g/mol. The predicted octanol–water partition coefficient (Wildman–Crippen LogP) is 2.02. The number of rotatable bonds is 2. The molecule has 0 fully saturated rings.